The van der Waals surface area contributed by atoms with Crippen LogP contribution in [0.4, 0.5) is 51.8 Å². The summed E-state index contributed by atoms with van der Waals surface area (Å²) in [6, 6.07) is 20.8. The van der Waals surface area contributed by atoms with Crippen molar-refractivity contribution in [2.24, 2.45) is 0 Å². The maximum absolute atomic E-state index is 9.75. The molecule has 0 saturated carbocycles. The SMILES string of the molecule is F[B-](F)(F)F.F[B-](F)(F)F.F[B-](F)(F)F.[KH].c1ccc(-c2ccccc2)cc1. The Bertz CT molecular complexity index is 517. The fourth-order valence-corrected chi connectivity index (χ4v) is 1.26. The Morgan fingerprint density at radius 3 is 0.643 bits per heavy atom. The summed E-state index contributed by atoms with van der Waals surface area (Å²) >= 11 is 0. The van der Waals surface area contributed by atoms with Crippen LogP contribution in [0.1, 0.15) is 0 Å². The Balaban J connectivity index is -0.000000334. The molecule has 0 amide bonds. The van der Waals surface area contributed by atoms with Crippen molar-refractivity contribution in [1.29, 1.82) is 0 Å². The minimum atomic E-state index is -6.00. The van der Waals surface area contributed by atoms with Crippen molar-refractivity contribution in [3.63, 3.8) is 0 Å². The van der Waals surface area contributed by atoms with Crippen LogP contribution in [-0.4, -0.2) is 73.1 Å². The van der Waals surface area contributed by atoms with Gasteiger partial charge in [0.15, 0.2) is 0 Å². The standard InChI is InChI=1S/C12H10.3BF4.K.H/c1-3-7-11(8-4-1)12-9-5-2-6-10-12;3*2-1(3,4)5;;/h1-10H;;;;;/q;3*-1;;. The summed E-state index contributed by atoms with van der Waals surface area (Å²) in [6.45, 7) is 0. The third kappa shape index (κ3) is 40.2. The molecule has 2 rings (SSSR count). The van der Waals surface area contributed by atoms with E-state index in [-0.39, 0.29) is 51.4 Å². The number of benzene rings is 2. The van der Waals surface area contributed by atoms with Gasteiger partial charge in [-0.15, -0.1) is 0 Å². The van der Waals surface area contributed by atoms with Crippen molar-refractivity contribution in [3.05, 3.63) is 60.7 Å². The van der Waals surface area contributed by atoms with Crippen molar-refractivity contribution in [3.8, 4) is 11.1 Å². The van der Waals surface area contributed by atoms with Gasteiger partial charge >= 0.3 is 73.1 Å². The Hall–Kier alpha value is -0.569. The van der Waals surface area contributed by atoms with Crippen LogP contribution >= 0.6 is 0 Å². The smallest absolute Gasteiger partial charge is 0.0184 e. The second kappa shape index (κ2) is 15.3. The summed E-state index contributed by atoms with van der Waals surface area (Å²) in [5, 5.41) is 0. The van der Waals surface area contributed by atoms with Gasteiger partial charge in [0.05, 0.1) is 0 Å². The van der Waals surface area contributed by atoms with E-state index in [4.69, 9.17) is 0 Å². The van der Waals surface area contributed by atoms with Gasteiger partial charge in [-0.05, 0) is 11.1 Å². The monoisotopic (exact) mass is 455 g/mol. The maximum Gasteiger partial charge on any atom is -0.0184 e. The Kier molecular flexibility index (Phi) is 17.5. The molecule has 0 aliphatic heterocycles. The molecule has 28 heavy (non-hydrogen) atoms. The molecule has 2 aromatic carbocycles. The molecule has 0 fully saturated rings. The normalized spacial score (nSPS) is 10.6. The van der Waals surface area contributed by atoms with E-state index < -0.39 is 21.8 Å². The molecule has 156 valence electrons. The largest absolute Gasteiger partial charge is 0.0622 e. The molecular formula is C12H11B3F12K-3. The zero-order valence-corrected chi connectivity index (χ0v) is 13.0. The topological polar surface area (TPSA) is 0 Å². The van der Waals surface area contributed by atoms with Crippen LogP contribution in [0, 0.1) is 0 Å². The molecule has 0 aliphatic carbocycles. The molecular weight excluding hydrogens is 444 g/mol. The number of rotatable bonds is 1. The molecule has 0 atom stereocenters. The molecule has 0 heterocycles. The van der Waals surface area contributed by atoms with Crippen molar-refractivity contribution in [2.75, 3.05) is 0 Å². The minimum Gasteiger partial charge on any atom is -0.0622 e. The zero-order valence-electron chi connectivity index (χ0n) is 13.0. The molecule has 16 heteroatoms. The van der Waals surface area contributed by atoms with E-state index in [1.807, 2.05) is 12.1 Å². The Labute approximate surface area is 195 Å². The summed E-state index contributed by atoms with van der Waals surface area (Å²) < 4.78 is 117. The average molecular weight is 455 g/mol. The van der Waals surface area contributed by atoms with E-state index in [0.717, 1.165) is 0 Å². The molecule has 0 bridgehead atoms. The van der Waals surface area contributed by atoms with Gasteiger partial charge in [-0.3, -0.25) is 0 Å². The number of hydrogen-bond donors (Lipinski definition) is 0. The van der Waals surface area contributed by atoms with Gasteiger partial charge in [-0.1, -0.05) is 60.7 Å². The molecule has 0 nitrogen and oxygen atoms in total. The van der Waals surface area contributed by atoms with Gasteiger partial charge in [0, 0.05) is 0 Å². The van der Waals surface area contributed by atoms with Crippen LogP contribution in [-0.2, 0) is 0 Å². The van der Waals surface area contributed by atoms with E-state index >= 15 is 0 Å². The summed E-state index contributed by atoms with van der Waals surface area (Å²) in [5.41, 5.74) is 2.55. The summed E-state index contributed by atoms with van der Waals surface area (Å²) in [7, 11) is -18.0. The van der Waals surface area contributed by atoms with Crippen LogP contribution in [0.3, 0.4) is 0 Å². The Morgan fingerprint density at radius 1 is 0.357 bits per heavy atom. The predicted molar refractivity (Wildman–Crippen MR) is 89.6 cm³/mol. The van der Waals surface area contributed by atoms with Crippen molar-refractivity contribution in [2.45, 2.75) is 0 Å². The first-order chi connectivity index (χ1) is 12.0. The van der Waals surface area contributed by atoms with Crippen LogP contribution in [0.2, 0.25) is 0 Å². The van der Waals surface area contributed by atoms with Gasteiger partial charge in [0.1, 0.15) is 0 Å². The third-order valence-electron chi connectivity index (χ3n) is 1.88. The van der Waals surface area contributed by atoms with Crippen molar-refractivity contribution < 1.29 is 51.8 Å². The quantitative estimate of drug-likeness (QED) is 0.336. The Morgan fingerprint density at radius 2 is 0.500 bits per heavy atom. The molecule has 0 N–H and O–H groups in total. The first kappa shape index (κ1) is 32.1. The van der Waals surface area contributed by atoms with Crippen LogP contribution in [0.5, 0.6) is 0 Å². The van der Waals surface area contributed by atoms with Gasteiger partial charge in [-0.25, -0.2) is 0 Å². The second-order valence-corrected chi connectivity index (χ2v) is 4.22. The van der Waals surface area contributed by atoms with E-state index in [2.05, 4.69) is 48.5 Å². The van der Waals surface area contributed by atoms with Gasteiger partial charge in [0.2, 0.25) is 0 Å². The minimum absolute atomic E-state index is 0. The second-order valence-electron chi connectivity index (χ2n) is 4.22. The molecule has 0 saturated heterocycles. The van der Waals surface area contributed by atoms with Gasteiger partial charge in [0.25, 0.3) is 0 Å². The van der Waals surface area contributed by atoms with Gasteiger partial charge in [-0.2, -0.15) is 0 Å². The van der Waals surface area contributed by atoms with Crippen molar-refractivity contribution >= 4 is 73.1 Å². The van der Waals surface area contributed by atoms with E-state index in [0.29, 0.717) is 0 Å². The van der Waals surface area contributed by atoms with Crippen molar-refractivity contribution in [1.82, 2.24) is 0 Å². The summed E-state index contributed by atoms with van der Waals surface area (Å²) in [5.74, 6) is 0. The van der Waals surface area contributed by atoms with Crippen LogP contribution in [0.25, 0.3) is 11.1 Å². The fraction of sp³-hybridized carbons (Fsp3) is 0. The molecule has 0 aliphatic rings. The molecule has 0 radical (unpaired) electrons. The van der Waals surface area contributed by atoms with E-state index in [1.54, 1.807) is 0 Å². The molecule has 0 spiro atoms. The molecule has 0 unspecified atom stereocenters. The zero-order chi connectivity index (χ0) is 21.7. The fourth-order valence-electron chi connectivity index (χ4n) is 1.26. The van der Waals surface area contributed by atoms with E-state index in [9.17, 15) is 51.8 Å². The number of hydrogen-bond acceptors (Lipinski definition) is 0. The first-order valence-electron chi connectivity index (χ1n) is 6.69. The first-order valence-corrected chi connectivity index (χ1v) is 6.69. The molecule has 2 aromatic rings. The average Bonchev–Trinajstić information content (AvgIpc) is 2.44. The van der Waals surface area contributed by atoms with E-state index in [1.165, 1.54) is 11.1 Å². The van der Waals surface area contributed by atoms with Crippen LogP contribution in [0.15, 0.2) is 60.7 Å². The molecule has 0 aromatic heterocycles. The summed E-state index contributed by atoms with van der Waals surface area (Å²) in [4.78, 5) is 0. The summed E-state index contributed by atoms with van der Waals surface area (Å²) in [6.07, 6.45) is 0. The van der Waals surface area contributed by atoms with Gasteiger partial charge < -0.3 is 51.8 Å². The predicted octanol–water partition coefficient (Wildman–Crippen LogP) is 6.61. The number of halogens is 12. The maximum atomic E-state index is 9.75. The van der Waals surface area contributed by atoms with Crippen LogP contribution < -0.4 is 0 Å². The third-order valence-corrected chi connectivity index (χ3v) is 1.88.